The van der Waals surface area contributed by atoms with Gasteiger partial charge in [0.25, 0.3) is 15.7 Å². The van der Waals surface area contributed by atoms with E-state index in [0.717, 1.165) is 11.6 Å². The molecule has 0 saturated carbocycles. The average molecular weight is 386 g/mol. The zero-order chi connectivity index (χ0) is 19.6. The summed E-state index contributed by atoms with van der Waals surface area (Å²) in [4.78, 5) is 10.4. The molecule has 8 heteroatoms. The van der Waals surface area contributed by atoms with Gasteiger partial charge >= 0.3 is 0 Å². The van der Waals surface area contributed by atoms with E-state index >= 15 is 0 Å². The number of hydrogen-bond donors (Lipinski definition) is 0. The van der Waals surface area contributed by atoms with Crippen LogP contribution in [-0.4, -0.2) is 13.3 Å². The zero-order valence-electron chi connectivity index (χ0n) is 14.8. The predicted octanol–water partition coefficient (Wildman–Crippen LogP) is 4.20. The summed E-state index contributed by atoms with van der Waals surface area (Å²) < 4.78 is 33.3. The molecule has 0 aliphatic carbocycles. The first kappa shape index (κ1) is 18.7. The summed E-state index contributed by atoms with van der Waals surface area (Å²) in [5, 5.41) is 11.1. The van der Waals surface area contributed by atoms with Crippen molar-refractivity contribution in [3.63, 3.8) is 0 Å². The summed E-state index contributed by atoms with van der Waals surface area (Å²) in [7, 11) is -4.06. The van der Waals surface area contributed by atoms with Gasteiger partial charge in [0.05, 0.1) is 28.3 Å². The minimum absolute atomic E-state index is 0.0273. The lowest BCUT2D eigenvalue weighted by atomic mass is 10.2. The summed E-state index contributed by atoms with van der Waals surface area (Å²) in [5.41, 5.74) is 1.58. The average Bonchev–Trinajstić information content (AvgIpc) is 3.14. The number of furan rings is 1. The second kappa shape index (κ2) is 7.24. The van der Waals surface area contributed by atoms with Crippen molar-refractivity contribution < 1.29 is 17.8 Å². The summed E-state index contributed by atoms with van der Waals surface area (Å²) >= 11 is 0. The van der Waals surface area contributed by atoms with Crippen molar-refractivity contribution in [3.8, 4) is 0 Å². The molecule has 0 amide bonds. The highest BCUT2D eigenvalue weighted by Gasteiger charge is 2.29. The standard InChI is InChI=1S/C19H18N2O5S/c1-14-5-8-16(9-6-14)20(13-18-4-3-11-26-18)27(24,25)19-12-17(21(22)23)10-7-15(19)2/h3-12H,13H2,1-2H3. The molecule has 3 aromatic rings. The Morgan fingerprint density at radius 2 is 1.78 bits per heavy atom. The molecule has 0 saturated heterocycles. The number of nitro benzene ring substituents is 1. The van der Waals surface area contributed by atoms with Crippen molar-refractivity contribution >= 4 is 21.4 Å². The molecule has 0 N–H and O–H groups in total. The van der Waals surface area contributed by atoms with E-state index in [1.165, 1.54) is 22.7 Å². The van der Waals surface area contributed by atoms with E-state index in [1.807, 2.05) is 6.92 Å². The fraction of sp³-hybridized carbons (Fsp3) is 0.158. The summed E-state index contributed by atoms with van der Waals surface area (Å²) in [6, 6.07) is 14.2. The van der Waals surface area contributed by atoms with Gasteiger partial charge in [-0.2, -0.15) is 0 Å². The maximum absolute atomic E-state index is 13.4. The monoisotopic (exact) mass is 386 g/mol. The lowest BCUT2D eigenvalue weighted by Gasteiger charge is -2.24. The third-order valence-electron chi connectivity index (χ3n) is 4.15. The topological polar surface area (TPSA) is 93.7 Å². The molecule has 0 radical (unpaired) electrons. The molecule has 3 rings (SSSR count). The van der Waals surface area contributed by atoms with Crippen molar-refractivity contribution in [2.75, 3.05) is 4.31 Å². The van der Waals surface area contributed by atoms with Gasteiger partial charge in [-0.25, -0.2) is 8.42 Å². The third-order valence-corrected chi connectivity index (χ3v) is 6.07. The van der Waals surface area contributed by atoms with E-state index in [4.69, 9.17) is 4.42 Å². The molecular weight excluding hydrogens is 368 g/mol. The van der Waals surface area contributed by atoms with E-state index in [-0.39, 0.29) is 17.1 Å². The molecule has 27 heavy (non-hydrogen) atoms. The van der Waals surface area contributed by atoms with Crippen molar-refractivity contribution in [2.24, 2.45) is 0 Å². The van der Waals surface area contributed by atoms with Gasteiger partial charge in [-0.3, -0.25) is 14.4 Å². The second-order valence-corrected chi connectivity index (χ2v) is 7.96. The van der Waals surface area contributed by atoms with Crippen LogP contribution in [0.2, 0.25) is 0 Å². The van der Waals surface area contributed by atoms with Crippen LogP contribution in [0, 0.1) is 24.0 Å². The Morgan fingerprint density at radius 3 is 2.37 bits per heavy atom. The molecule has 0 aliphatic heterocycles. The first-order valence-electron chi connectivity index (χ1n) is 8.16. The van der Waals surface area contributed by atoms with Gasteiger partial charge in [0.15, 0.2) is 0 Å². The molecule has 1 aromatic heterocycles. The van der Waals surface area contributed by atoms with Crippen molar-refractivity contribution in [2.45, 2.75) is 25.3 Å². The van der Waals surface area contributed by atoms with Crippen LogP contribution in [0.4, 0.5) is 11.4 Å². The Morgan fingerprint density at radius 1 is 1.07 bits per heavy atom. The van der Waals surface area contributed by atoms with Crippen LogP contribution >= 0.6 is 0 Å². The normalized spacial score (nSPS) is 11.3. The number of benzene rings is 2. The quantitative estimate of drug-likeness (QED) is 0.467. The van der Waals surface area contributed by atoms with Crippen LogP contribution in [0.15, 0.2) is 70.2 Å². The predicted molar refractivity (Wildman–Crippen MR) is 101 cm³/mol. The van der Waals surface area contributed by atoms with Gasteiger partial charge < -0.3 is 4.42 Å². The highest BCUT2D eigenvalue weighted by Crippen LogP contribution is 2.30. The van der Waals surface area contributed by atoms with E-state index in [9.17, 15) is 18.5 Å². The van der Waals surface area contributed by atoms with E-state index in [0.29, 0.717) is 17.0 Å². The summed E-state index contributed by atoms with van der Waals surface area (Å²) in [5.74, 6) is 0.460. The first-order valence-corrected chi connectivity index (χ1v) is 9.60. The van der Waals surface area contributed by atoms with Gasteiger partial charge in [-0.05, 0) is 43.7 Å². The number of anilines is 1. The minimum Gasteiger partial charge on any atom is -0.467 e. The summed E-state index contributed by atoms with van der Waals surface area (Å²) in [6.45, 7) is 3.48. The van der Waals surface area contributed by atoms with Crippen LogP contribution in [0.5, 0.6) is 0 Å². The van der Waals surface area contributed by atoms with E-state index < -0.39 is 14.9 Å². The molecule has 0 aliphatic rings. The lowest BCUT2D eigenvalue weighted by molar-refractivity contribution is -0.385. The van der Waals surface area contributed by atoms with Gasteiger partial charge in [-0.1, -0.05) is 23.8 Å². The number of aryl methyl sites for hydroxylation is 2. The molecule has 0 bridgehead atoms. The van der Waals surface area contributed by atoms with Crippen LogP contribution < -0.4 is 4.31 Å². The number of nitro groups is 1. The van der Waals surface area contributed by atoms with Gasteiger partial charge in [0.1, 0.15) is 5.76 Å². The SMILES string of the molecule is Cc1ccc(N(Cc2ccco2)S(=O)(=O)c2cc([N+](=O)[O-])ccc2C)cc1. The Bertz CT molecular complexity index is 1060. The van der Waals surface area contributed by atoms with Crippen LogP contribution in [0.1, 0.15) is 16.9 Å². The van der Waals surface area contributed by atoms with Gasteiger partial charge in [0.2, 0.25) is 0 Å². The van der Waals surface area contributed by atoms with E-state index in [1.54, 1.807) is 43.3 Å². The van der Waals surface area contributed by atoms with Crippen molar-refractivity contribution in [1.82, 2.24) is 0 Å². The second-order valence-electron chi connectivity index (χ2n) is 6.13. The van der Waals surface area contributed by atoms with Gasteiger partial charge in [-0.15, -0.1) is 0 Å². The molecule has 0 unspecified atom stereocenters. The number of non-ortho nitro benzene ring substituents is 1. The fourth-order valence-corrected chi connectivity index (χ4v) is 4.35. The molecule has 1 heterocycles. The van der Waals surface area contributed by atoms with Crippen LogP contribution in [0.3, 0.4) is 0 Å². The Labute approximate surface area is 157 Å². The third kappa shape index (κ3) is 3.85. The molecule has 0 atom stereocenters. The Kier molecular flexibility index (Phi) is 5.00. The van der Waals surface area contributed by atoms with Crippen molar-refractivity contribution in [1.29, 1.82) is 0 Å². The Balaban J connectivity index is 2.14. The van der Waals surface area contributed by atoms with Crippen molar-refractivity contribution in [3.05, 3.63) is 87.9 Å². The number of sulfonamides is 1. The van der Waals surface area contributed by atoms with Crippen LogP contribution in [0.25, 0.3) is 0 Å². The number of nitrogens with zero attached hydrogens (tertiary/aromatic N) is 2. The Hall–Kier alpha value is -3.13. The molecule has 2 aromatic carbocycles. The summed E-state index contributed by atoms with van der Waals surface area (Å²) in [6.07, 6.45) is 1.47. The fourth-order valence-electron chi connectivity index (χ4n) is 2.67. The molecule has 7 nitrogen and oxygen atoms in total. The number of hydrogen-bond acceptors (Lipinski definition) is 5. The van der Waals surface area contributed by atoms with E-state index in [2.05, 4.69) is 0 Å². The molecule has 0 fully saturated rings. The number of rotatable bonds is 6. The molecular formula is C19H18N2O5S. The maximum Gasteiger partial charge on any atom is 0.270 e. The lowest BCUT2D eigenvalue weighted by Crippen LogP contribution is -2.31. The molecule has 140 valence electrons. The molecule has 0 spiro atoms. The highest BCUT2D eigenvalue weighted by atomic mass is 32.2. The minimum atomic E-state index is -4.06. The first-order chi connectivity index (χ1) is 12.8. The maximum atomic E-state index is 13.4. The highest BCUT2D eigenvalue weighted by molar-refractivity contribution is 7.92. The smallest absolute Gasteiger partial charge is 0.270 e. The van der Waals surface area contributed by atoms with Gasteiger partial charge in [0, 0.05) is 12.1 Å². The zero-order valence-corrected chi connectivity index (χ0v) is 15.6. The van der Waals surface area contributed by atoms with Crippen LogP contribution in [-0.2, 0) is 16.6 Å². The largest absolute Gasteiger partial charge is 0.467 e.